The number of piperazine rings is 1. The van der Waals surface area contributed by atoms with E-state index in [9.17, 15) is 9.59 Å². The minimum atomic E-state index is -0.507. The molecule has 0 aromatic rings. The molecule has 7 heteroatoms. The molecular weight excluding hydrogens is 262 g/mol. The lowest BCUT2D eigenvalue weighted by molar-refractivity contribution is -0.146. The normalized spacial score (nSPS) is 15.2. The van der Waals surface area contributed by atoms with Gasteiger partial charge in [-0.1, -0.05) is 0 Å². The van der Waals surface area contributed by atoms with Gasteiger partial charge in [0.15, 0.2) is 0 Å². The minimum absolute atomic E-state index is 0.428. The van der Waals surface area contributed by atoms with Crippen molar-refractivity contribution in [2.45, 2.75) is 12.8 Å². The van der Waals surface area contributed by atoms with Gasteiger partial charge in [0.2, 0.25) is 0 Å². The van der Waals surface area contributed by atoms with E-state index in [4.69, 9.17) is 9.47 Å². The van der Waals surface area contributed by atoms with Gasteiger partial charge in [0, 0.05) is 46.4 Å². The number of methoxy groups -OCH3 is 1. The smallest absolute Gasteiger partial charge is 0.311 e. The van der Waals surface area contributed by atoms with Crippen molar-refractivity contribution in [2.24, 2.45) is 0 Å². The highest BCUT2D eigenvalue weighted by molar-refractivity contribution is 6.35. The van der Waals surface area contributed by atoms with Crippen molar-refractivity contribution in [1.29, 1.82) is 0 Å². The maximum Gasteiger partial charge on any atom is 0.311 e. The van der Waals surface area contributed by atoms with E-state index >= 15 is 0 Å². The highest BCUT2D eigenvalue weighted by Gasteiger charge is 2.22. The number of nitrogens with zero attached hydrogens (tertiary/aromatic N) is 1. The molecule has 0 spiro atoms. The van der Waals surface area contributed by atoms with E-state index in [0.29, 0.717) is 39.5 Å². The fourth-order valence-corrected chi connectivity index (χ4v) is 1.86. The predicted molar refractivity (Wildman–Crippen MR) is 74.4 cm³/mol. The van der Waals surface area contributed by atoms with E-state index in [1.54, 1.807) is 12.0 Å². The maximum atomic E-state index is 11.8. The third-order valence-electron chi connectivity index (χ3n) is 3.03. The molecule has 20 heavy (non-hydrogen) atoms. The van der Waals surface area contributed by atoms with E-state index in [1.807, 2.05) is 0 Å². The lowest BCUT2D eigenvalue weighted by Gasteiger charge is -2.26. The summed E-state index contributed by atoms with van der Waals surface area (Å²) in [6.45, 7) is 5.02. The highest BCUT2D eigenvalue weighted by Crippen LogP contribution is 1.94. The molecule has 0 aliphatic carbocycles. The van der Waals surface area contributed by atoms with Crippen molar-refractivity contribution in [3.63, 3.8) is 0 Å². The average Bonchev–Trinajstić information content (AvgIpc) is 2.50. The minimum Gasteiger partial charge on any atom is -0.382 e. The largest absolute Gasteiger partial charge is 0.382 e. The number of ether oxygens (including phenoxy) is 2. The second kappa shape index (κ2) is 10.6. The summed E-state index contributed by atoms with van der Waals surface area (Å²) >= 11 is 0. The zero-order chi connectivity index (χ0) is 14.6. The van der Waals surface area contributed by atoms with E-state index in [1.165, 1.54) is 0 Å². The first-order valence-electron chi connectivity index (χ1n) is 7.10. The Morgan fingerprint density at radius 3 is 2.60 bits per heavy atom. The molecule has 2 N–H and O–H groups in total. The number of hydrogen-bond donors (Lipinski definition) is 2. The molecule has 1 rings (SSSR count). The van der Waals surface area contributed by atoms with E-state index in [-0.39, 0.29) is 0 Å². The molecule has 2 amide bonds. The second-order valence-electron chi connectivity index (χ2n) is 4.61. The van der Waals surface area contributed by atoms with E-state index in [2.05, 4.69) is 10.6 Å². The molecule has 1 saturated heterocycles. The molecular formula is C13H25N3O4. The molecule has 0 atom stereocenters. The molecule has 1 aliphatic rings. The zero-order valence-corrected chi connectivity index (χ0v) is 12.2. The van der Waals surface area contributed by atoms with Crippen LogP contribution in [-0.4, -0.2) is 76.4 Å². The van der Waals surface area contributed by atoms with Gasteiger partial charge in [0.05, 0.1) is 13.2 Å². The number of carbonyl (C=O) groups excluding carboxylic acids is 2. The Morgan fingerprint density at radius 1 is 1.15 bits per heavy atom. The van der Waals surface area contributed by atoms with Gasteiger partial charge >= 0.3 is 11.8 Å². The van der Waals surface area contributed by atoms with Crippen LogP contribution >= 0.6 is 0 Å². The van der Waals surface area contributed by atoms with Gasteiger partial charge < -0.3 is 25.0 Å². The van der Waals surface area contributed by atoms with Crippen molar-refractivity contribution in [3.8, 4) is 0 Å². The first kappa shape index (κ1) is 16.9. The van der Waals surface area contributed by atoms with Gasteiger partial charge in [-0.05, 0) is 12.8 Å². The topological polar surface area (TPSA) is 79.9 Å². The Bertz CT molecular complexity index is 293. The number of carbonyl (C=O) groups is 2. The molecule has 0 radical (unpaired) electrons. The van der Waals surface area contributed by atoms with Crippen molar-refractivity contribution in [2.75, 3.05) is 59.7 Å². The van der Waals surface area contributed by atoms with Crippen LogP contribution in [0.1, 0.15) is 12.8 Å². The van der Waals surface area contributed by atoms with Gasteiger partial charge in [0.25, 0.3) is 0 Å². The van der Waals surface area contributed by atoms with Crippen molar-refractivity contribution < 1.29 is 19.1 Å². The predicted octanol–water partition coefficient (Wildman–Crippen LogP) is -1.02. The monoisotopic (exact) mass is 287 g/mol. The van der Waals surface area contributed by atoms with Crippen LogP contribution in [0.15, 0.2) is 0 Å². The van der Waals surface area contributed by atoms with Crippen molar-refractivity contribution in [3.05, 3.63) is 0 Å². The molecule has 1 aliphatic heterocycles. The third kappa shape index (κ3) is 6.83. The molecule has 0 unspecified atom stereocenters. The molecule has 1 fully saturated rings. The van der Waals surface area contributed by atoms with Crippen LogP contribution in [-0.2, 0) is 19.1 Å². The molecule has 0 bridgehead atoms. The molecule has 1 heterocycles. The number of rotatable bonds is 8. The Kier molecular flexibility index (Phi) is 8.93. The lowest BCUT2D eigenvalue weighted by Crippen LogP contribution is -2.51. The first-order valence-corrected chi connectivity index (χ1v) is 7.10. The summed E-state index contributed by atoms with van der Waals surface area (Å²) in [6.07, 6.45) is 1.65. The Hall–Kier alpha value is -1.18. The summed E-state index contributed by atoms with van der Waals surface area (Å²) in [5, 5.41) is 5.79. The number of nitrogens with one attached hydrogen (secondary N) is 2. The van der Waals surface area contributed by atoms with Crippen LogP contribution in [0.4, 0.5) is 0 Å². The van der Waals surface area contributed by atoms with Crippen LogP contribution in [0, 0.1) is 0 Å². The van der Waals surface area contributed by atoms with Crippen LogP contribution in [0.3, 0.4) is 0 Å². The lowest BCUT2D eigenvalue weighted by atomic mass is 10.3. The molecule has 7 nitrogen and oxygen atoms in total. The Labute approximate surface area is 120 Å². The van der Waals surface area contributed by atoms with Gasteiger partial charge in [-0.3, -0.25) is 9.59 Å². The van der Waals surface area contributed by atoms with Crippen molar-refractivity contribution >= 4 is 11.8 Å². The summed E-state index contributed by atoms with van der Waals surface area (Å²) < 4.78 is 10.2. The summed E-state index contributed by atoms with van der Waals surface area (Å²) in [5.41, 5.74) is 0. The number of unbranched alkanes of at least 4 members (excludes halogenated alkanes) is 1. The maximum absolute atomic E-state index is 11.8. The fraction of sp³-hybridized carbons (Fsp3) is 0.846. The van der Waals surface area contributed by atoms with Crippen LogP contribution in [0.2, 0.25) is 0 Å². The first-order chi connectivity index (χ1) is 9.75. The summed E-state index contributed by atoms with van der Waals surface area (Å²) in [6, 6.07) is 0. The molecule has 0 saturated carbocycles. The number of hydrogen-bond acceptors (Lipinski definition) is 5. The van der Waals surface area contributed by atoms with E-state index < -0.39 is 11.8 Å². The van der Waals surface area contributed by atoms with Crippen LogP contribution in [0.25, 0.3) is 0 Å². The number of amides is 2. The van der Waals surface area contributed by atoms with Gasteiger partial charge in [0.1, 0.15) is 0 Å². The van der Waals surface area contributed by atoms with Crippen LogP contribution in [0.5, 0.6) is 0 Å². The molecule has 0 aromatic heterocycles. The van der Waals surface area contributed by atoms with Gasteiger partial charge in [-0.15, -0.1) is 0 Å². The average molecular weight is 287 g/mol. The zero-order valence-electron chi connectivity index (χ0n) is 12.2. The highest BCUT2D eigenvalue weighted by atomic mass is 16.5. The molecule has 0 aromatic carbocycles. The summed E-state index contributed by atoms with van der Waals surface area (Å²) in [4.78, 5) is 25.0. The van der Waals surface area contributed by atoms with Crippen LogP contribution < -0.4 is 10.6 Å². The van der Waals surface area contributed by atoms with Gasteiger partial charge in [-0.2, -0.15) is 0 Å². The molecule has 116 valence electrons. The fourth-order valence-electron chi connectivity index (χ4n) is 1.86. The second-order valence-corrected chi connectivity index (χ2v) is 4.61. The SMILES string of the molecule is COCCOCCCCNC(=O)C(=O)N1CCNCC1. The standard InChI is InChI=1S/C13H25N3O4/c1-19-10-11-20-9-3-2-4-15-12(17)13(18)16-7-5-14-6-8-16/h14H,2-11H2,1H3,(H,15,17). The summed E-state index contributed by atoms with van der Waals surface area (Å²) in [7, 11) is 1.63. The van der Waals surface area contributed by atoms with Crippen molar-refractivity contribution in [1.82, 2.24) is 15.5 Å². The van der Waals surface area contributed by atoms with Gasteiger partial charge in [-0.25, -0.2) is 0 Å². The third-order valence-corrected chi connectivity index (χ3v) is 3.03. The quantitative estimate of drug-likeness (QED) is 0.441. The van der Waals surface area contributed by atoms with E-state index in [0.717, 1.165) is 25.9 Å². The Balaban J connectivity index is 2.00. The Morgan fingerprint density at radius 2 is 1.90 bits per heavy atom. The summed E-state index contributed by atoms with van der Waals surface area (Å²) in [5.74, 6) is -0.935.